The fourth-order valence-corrected chi connectivity index (χ4v) is 4.31. The molecule has 29 heavy (non-hydrogen) atoms. The van der Waals surface area contributed by atoms with Crippen LogP contribution < -0.4 is 10.0 Å². The predicted molar refractivity (Wildman–Crippen MR) is 115 cm³/mol. The van der Waals surface area contributed by atoms with Gasteiger partial charge in [0.2, 0.25) is 10.0 Å². The van der Waals surface area contributed by atoms with Gasteiger partial charge in [-0.05, 0) is 36.2 Å². The molecule has 0 radical (unpaired) electrons. The molecule has 0 saturated heterocycles. The first-order valence-corrected chi connectivity index (χ1v) is 11.9. The number of sulfonamides is 1. The highest BCUT2D eigenvalue weighted by Gasteiger charge is 2.22. The van der Waals surface area contributed by atoms with Crippen LogP contribution in [-0.4, -0.2) is 36.7 Å². The second-order valence-corrected chi connectivity index (χ2v) is 9.97. The van der Waals surface area contributed by atoms with Gasteiger partial charge in [-0.3, -0.25) is 4.79 Å². The molecule has 0 spiro atoms. The molecule has 0 aliphatic carbocycles. The van der Waals surface area contributed by atoms with Gasteiger partial charge in [-0.15, -0.1) is 11.3 Å². The zero-order chi connectivity index (χ0) is 21.0. The van der Waals surface area contributed by atoms with Crippen LogP contribution in [0.5, 0.6) is 0 Å². The average Bonchev–Trinajstić information content (AvgIpc) is 3.29. The van der Waals surface area contributed by atoms with Gasteiger partial charge < -0.3 is 9.88 Å². The Morgan fingerprint density at radius 2 is 1.97 bits per heavy atom. The number of carbonyl (C=O) groups excluding carboxylic acids is 1. The number of hydrogen-bond donors (Lipinski definition) is 2. The maximum absolute atomic E-state index is 12.9. The van der Waals surface area contributed by atoms with Crippen molar-refractivity contribution in [2.45, 2.75) is 12.5 Å². The second kappa shape index (κ2) is 9.08. The topological polar surface area (TPSA) is 93.1 Å². The van der Waals surface area contributed by atoms with Gasteiger partial charge in [0.25, 0.3) is 5.91 Å². The third-order valence-corrected chi connectivity index (χ3v) is 6.34. The van der Waals surface area contributed by atoms with Crippen molar-refractivity contribution < 1.29 is 13.2 Å². The molecule has 0 bridgehead atoms. The Hall–Kier alpha value is -2.20. The van der Waals surface area contributed by atoms with Crippen molar-refractivity contribution in [3.05, 3.63) is 75.0 Å². The third kappa shape index (κ3) is 5.89. The predicted octanol–water partition coefficient (Wildman–Crippen LogP) is 2.75. The normalized spacial score (nSPS) is 12.7. The first-order chi connectivity index (χ1) is 13.7. The van der Waals surface area contributed by atoms with Crippen molar-refractivity contribution in [3.8, 4) is 0 Å². The van der Waals surface area contributed by atoms with E-state index < -0.39 is 16.1 Å². The van der Waals surface area contributed by atoms with E-state index >= 15 is 0 Å². The van der Waals surface area contributed by atoms with Gasteiger partial charge in [-0.1, -0.05) is 23.7 Å². The molecule has 1 unspecified atom stereocenters. The number of imidazole rings is 1. The van der Waals surface area contributed by atoms with Crippen molar-refractivity contribution in [3.63, 3.8) is 0 Å². The molecule has 0 aliphatic heterocycles. The zero-order valence-electron chi connectivity index (χ0n) is 15.9. The first-order valence-electron chi connectivity index (χ1n) is 8.80. The Morgan fingerprint density at radius 1 is 1.24 bits per heavy atom. The molecular formula is C19H21ClN4O3S2. The van der Waals surface area contributed by atoms with Gasteiger partial charge in [-0.25, -0.2) is 18.1 Å². The molecule has 2 heterocycles. The zero-order valence-corrected chi connectivity index (χ0v) is 18.3. The monoisotopic (exact) mass is 452 g/mol. The third-order valence-electron chi connectivity index (χ3n) is 4.22. The number of thiophene rings is 1. The van der Waals surface area contributed by atoms with Crippen LogP contribution in [0, 0.1) is 0 Å². The minimum Gasteiger partial charge on any atom is -0.337 e. The van der Waals surface area contributed by atoms with E-state index in [1.54, 1.807) is 24.4 Å². The standard InChI is InChI=1S/C19H21ClN4O3S2/c1-24-12-11-21-18(24)17(13-3-5-14(20)6-4-13)23-19(25)16-8-7-15(28-16)9-10-22-29(2,26)27/h3-8,11-12,17,22H,9-10H2,1-2H3,(H,23,25). The molecule has 0 fully saturated rings. The number of amides is 1. The summed E-state index contributed by atoms with van der Waals surface area (Å²) in [6, 6.07) is 10.4. The van der Waals surface area contributed by atoms with Crippen LogP contribution in [0.25, 0.3) is 0 Å². The van der Waals surface area contributed by atoms with E-state index in [0.717, 1.165) is 16.7 Å². The summed E-state index contributed by atoms with van der Waals surface area (Å²) < 4.78 is 26.6. The van der Waals surface area contributed by atoms with Crippen molar-refractivity contribution in [2.24, 2.45) is 7.05 Å². The van der Waals surface area contributed by atoms with E-state index in [1.807, 2.05) is 36.0 Å². The highest BCUT2D eigenvalue weighted by Crippen LogP contribution is 2.24. The summed E-state index contributed by atoms with van der Waals surface area (Å²) in [6.07, 6.45) is 5.14. The maximum atomic E-state index is 12.9. The van der Waals surface area contributed by atoms with Gasteiger partial charge >= 0.3 is 0 Å². The number of nitrogens with one attached hydrogen (secondary N) is 2. The Bertz CT molecular complexity index is 1090. The van der Waals surface area contributed by atoms with Crippen molar-refractivity contribution in [1.29, 1.82) is 0 Å². The van der Waals surface area contributed by atoms with Gasteiger partial charge in [0, 0.05) is 35.9 Å². The molecule has 10 heteroatoms. The van der Waals surface area contributed by atoms with Crippen LogP contribution in [0.1, 0.15) is 32.0 Å². The SMILES string of the molecule is Cn1ccnc1C(NC(=O)c1ccc(CCNS(C)(=O)=O)s1)c1ccc(Cl)cc1. The van der Waals surface area contributed by atoms with E-state index in [1.165, 1.54) is 11.3 Å². The van der Waals surface area contributed by atoms with Crippen LogP contribution in [0.15, 0.2) is 48.8 Å². The van der Waals surface area contributed by atoms with Gasteiger partial charge in [-0.2, -0.15) is 0 Å². The number of carbonyl (C=O) groups is 1. The van der Waals surface area contributed by atoms with Gasteiger partial charge in [0.15, 0.2) is 0 Å². The van der Waals surface area contributed by atoms with Crippen LogP contribution >= 0.6 is 22.9 Å². The van der Waals surface area contributed by atoms with Crippen molar-refractivity contribution in [1.82, 2.24) is 19.6 Å². The summed E-state index contributed by atoms with van der Waals surface area (Å²) in [6.45, 7) is 0.293. The molecule has 1 aromatic carbocycles. The lowest BCUT2D eigenvalue weighted by atomic mass is 10.1. The van der Waals surface area contributed by atoms with E-state index in [-0.39, 0.29) is 5.91 Å². The van der Waals surface area contributed by atoms with Crippen LogP contribution in [0.2, 0.25) is 5.02 Å². The van der Waals surface area contributed by atoms with E-state index in [0.29, 0.717) is 28.7 Å². The summed E-state index contributed by atoms with van der Waals surface area (Å²) in [4.78, 5) is 18.7. The Morgan fingerprint density at radius 3 is 2.59 bits per heavy atom. The average molecular weight is 453 g/mol. The fourth-order valence-electron chi connectivity index (χ4n) is 2.80. The summed E-state index contributed by atoms with van der Waals surface area (Å²) >= 11 is 7.33. The summed E-state index contributed by atoms with van der Waals surface area (Å²) in [5.74, 6) is 0.482. The number of rotatable bonds is 8. The lowest BCUT2D eigenvalue weighted by Crippen LogP contribution is -2.30. The minimum absolute atomic E-state index is 0.222. The fraction of sp³-hybridized carbons (Fsp3) is 0.263. The first kappa shape index (κ1) is 21.5. The molecule has 0 aliphatic rings. The van der Waals surface area contributed by atoms with E-state index in [2.05, 4.69) is 15.0 Å². The van der Waals surface area contributed by atoms with Crippen LogP contribution in [0.4, 0.5) is 0 Å². The van der Waals surface area contributed by atoms with Crippen LogP contribution in [0.3, 0.4) is 0 Å². The number of benzene rings is 1. The summed E-state index contributed by atoms with van der Waals surface area (Å²) in [7, 11) is -1.36. The maximum Gasteiger partial charge on any atom is 0.262 e. The quantitative estimate of drug-likeness (QED) is 0.549. The van der Waals surface area contributed by atoms with Gasteiger partial charge in [0.1, 0.15) is 11.9 Å². The molecule has 154 valence electrons. The largest absolute Gasteiger partial charge is 0.337 e. The van der Waals surface area contributed by atoms with E-state index in [9.17, 15) is 13.2 Å². The van der Waals surface area contributed by atoms with Crippen molar-refractivity contribution in [2.75, 3.05) is 12.8 Å². The highest BCUT2D eigenvalue weighted by molar-refractivity contribution is 7.88. The second-order valence-electron chi connectivity index (χ2n) is 6.54. The number of aryl methyl sites for hydroxylation is 1. The molecule has 1 amide bonds. The molecule has 3 aromatic rings. The van der Waals surface area contributed by atoms with Gasteiger partial charge in [0.05, 0.1) is 11.1 Å². The molecule has 2 aromatic heterocycles. The summed E-state index contributed by atoms with van der Waals surface area (Å²) in [5, 5.41) is 3.65. The lowest BCUT2D eigenvalue weighted by molar-refractivity contribution is 0.0945. The highest BCUT2D eigenvalue weighted by atomic mass is 35.5. The smallest absolute Gasteiger partial charge is 0.262 e. The lowest BCUT2D eigenvalue weighted by Gasteiger charge is -2.19. The molecule has 7 nitrogen and oxygen atoms in total. The number of hydrogen-bond acceptors (Lipinski definition) is 5. The Labute approximate surface area is 178 Å². The molecule has 2 N–H and O–H groups in total. The minimum atomic E-state index is -3.23. The van der Waals surface area contributed by atoms with Crippen molar-refractivity contribution >= 4 is 38.9 Å². The van der Waals surface area contributed by atoms with E-state index in [4.69, 9.17) is 11.6 Å². The molecule has 3 rings (SSSR count). The molecule has 1 atom stereocenters. The summed E-state index contributed by atoms with van der Waals surface area (Å²) in [5.41, 5.74) is 0.867. The molecular weight excluding hydrogens is 432 g/mol. The van der Waals surface area contributed by atoms with Crippen LogP contribution in [-0.2, 0) is 23.5 Å². The Kier molecular flexibility index (Phi) is 6.74. The molecule has 0 saturated carbocycles. The number of aromatic nitrogens is 2. The number of nitrogens with zero attached hydrogens (tertiary/aromatic N) is 2. The Balaban J connectivity index is 1.75. The number of halogens is 1.